The number of rotatable bonds is 5. The lowest BCUT2D eigenvalue weighted by atomic mass is 10.1. The molecule has 1 rings (SSSR count). The van der Waals surface area contributed by atoms with Gasteiger partial charge in [-0.1, -0.05) is 34.6 Å². The molecule has 0 nitrogen and oxygen atoms in total. The van der Waals surface area contributed by atoms with Crippen LogP contribution in [0.15, 0.2) is 18.2 Å². The summed E-state index contributed by atoms with van der Waals surface area (Å²) >= 11 is 0. The monoisotopic (exact) mass is 244 g/mol. The van der Waals surface area contributed by atoms with Crippen LogP contribution in [0.3, 0.4) is 0 Å². The van der Waals surface area contributed by atoms with Crippen molar-refractivity contribution in [2.75, 3.05) is 12.8 Å². The Hall–Kier alpha value is -0.490. The summed E-state index contributed by atoms with van der Waals surface area (Å²) in [7, 11) is -0.502. The molecule has 2 unspecified atom stereocenters. The van der Waals surface area contributed by atoms with Gasteiger partial charge in [-0.05, 0) is 30.9 Å². The number of halogens is 2. The summed E-state index contributed by atoms with van der Waals surface area (Å²) in [5.74, 6) is -0.269. The van der Waals surface area contributed by atoms with Crippen molar-refractivity contribution in [3.8, 4) is 0 Å². The molecule has 1 aromatic carbocycles. The highest BCUT2D eigenvalue weighted by molar-refractivity contribution is 7.64. The van der Waals surface area contributed by atoms with Gasteiger partial charge in [-0.25, -0.2) is 8.78 Å². The molecule has 0 bridgehead atoms. The van der Waals surface area contributed by atoms with Crippen molar-refractivity contribution < 1.29 is 8.78 Å². The van der Waals surface area contributed by atoms with Crippen LogP contribution in [0.25, 0.3) is 0 Å². The van der Waals surface area contributed by atoms with Crippen LogP contribution in [0.4, 0.5) is 8.78 Å². The predicted octanol–water partition coefficient (Wildman–Crippen LogP) is 4.14. The van der Waals surface area contributed by atoms with Gasteiger partial charge in [0.2, 0.25) is 0 Å². The first-order chi connectivity index (χ1) is 7.54. The molecule has 0 aliphatic carbocycles. The summed E-state index contributed by atoms with van der Waals surface area (Å²) in [6.45, 7) is 6.43. The summed E-state index contributed by atoms with van der Waals surface area (Å²) in [6, 6.07) is 3.93. The first-order valence-corrected chi connectivity index (χ1v) is 7.68. The molecule has 0 amide bonds. The molecule has 0 saturated carbocycles. The van der Waals surface area contributed by atoms with Crippen LogP contribution in [0.2, 0.25) is 0 Å². The van der Waals surface area contributed by atoms with Crippen LogP contribution in [0, 0.1) is 17.6 Å². The van der Waals surface area contributed by atoms with Gasteiger partial charge in [0, 0.05) is 11.4 Å². The second-order valence-electron chi connectivity index (χ2n) is 4.37. The first-order valence-electron chi connectivity index (χ1n) is 5.70. The van der Waals surface area contributed by atoms with E-state index in [2.05, 4.69) is 20.5 Å². The Morgan fingerprint density at radius 2 is 2.00 bits per heavy atom. The maximum atomic E-state index is 13.5. The third kappa shape index (κ3) is 3.83. The standard InChI is InChI=1S/C13H19F2P/c1-4-5-10(2)9-16(3)13-7-6-11(14)8-12(13)15/h6-8,10H,4-5,9H2,1-3H3. The fourth-order valence-electron chi connectivity index (χ4n) is 1.94. The molecule has 0 saturated heterocycles. The van der Waals surface area contributed by atoms with Crippen molar-refractivity contribution in [2.45, 2.75) is 26.7 Å². The second-order valence-corrected chi connectivity index (χ2v) is 6.61. The fourth-order valence-corrected chi connectivity index (χ4v) is 4.01. The van der Waals surface area contributed by atoms with Gasteiger partial charge in [0.15, 0.2) is 0 Å². The van der Waals surface area contributed by atoms with Gasteiger partial charge in [0.1, 0.15) is 11.6 Å². The van der Waals surface area contributed by atoms with E-state index in [0.717, 1.165) is 18.6 Å². The van der Waals surface area contributed by atoms with Crippen molar-refractivity contribution in [1.82, 2.24) is 0 Å². The van der Waals surface area contributed by atoms with Crippen molar-refractivity contribution >= 4 is 13.2 Å². The van der Waals surface area contributed by atoms with Crippen LogP contribution in [0.1, 0.15) is 26.7 Å². The van der Waals surface area contributed by atoms with Gasteiger partial charge >= 0.3 is 0 Å². The maximum Gasteiger partial charge on any atom is 0.133 e. The Balaban J connectivity index is 2.69. The van der Waals surface area contributed by atoms with Crippen LogP contribution in [0.5, 0.6) is 0 Å². The molecule has 1 aromatic rings. The van der Waals surface area contributed by atoms with E-state index in [1.807, 2.05) is 0 Å². The van der Waals surface area contributed by atoms with Gasteiger partial charge < -0.3 is 0 Å². The lowest BCUT2D eigenvalue weighted by Crippen LogP contribution is -2.12. The average molecular weight is 244 g/mol. The molecule has 0 aromatic heterocycles. The topological polar surface area (TPSA) is 0 Å². The van der Waals surface area contributed by atoms with Crippen LogP contribution >= 0.6 is 7.92 Å². The molecule has 90 valence electrons. The lowest BCUT2D eigenvalue weighted by Gasteiger charge is -2.18. The lowest BCUT2D eigenvalue weighted by molar-refractivity contribution is 0.580. The van der Waals surface area contributed by atoms with Gasteiger partial charge in [-0.15, -0.1) is 0 Å². The predicted molar refractivity (Wildman–Crippen MR) is 67.8 cm³/mol. The number of hydrogen-bond donors (Lipinski definition) is 0. The van der Waals surface area contributed by atoms with E-state index in [-0.39, 0.29) is 0 Å². The third-order valence-electron chi connectivity index (χ3n) is 2.69. The molecule has 0 N–H and O–H groups in total. The molecular weight excluding hydrogens is 225 g/mol. The number of hydrogen-bond acceptors (Lipinski definition) is 0. The molecule has 16 heavy (non-hydrogen) atoms. The van der Waals surface area contributed by atoms with E-state index < -0.39 is 19.6 Å². The number of benzene rings is 1. The Morgan fingerprint density at radius 1 is 1.31 bits per heavy atom. The van der Waals surface area contributed by atoms with E-state index in [4.69, 9.17) is 0 Å². The zero-order valence-electron chi connectivity index (χ0n) is 10.1. The summed E-state index contributed by atoms with van der Waals surface area (Å²) in [4.78, 5) is 0. The SMILES string of the molecule is CCCC(C)CP(C)c1ccc(F)cc1F. The average Bonchev–Trinajstić information content (AvgIpc) is 2.17. The minimum absolute atomic E-state index is 0.391. The molecule has 2 atom stereocenters. The van der Waals surface area contributed by atoms with E-state index >= 15 is 0 Å². The summed E-state index contributed by atoms with van der Waals surface area (Å²) in [6.07, 6.45) is 3.36. The minimum atomic E-state index is -0.502. The van der Waals surface area contributed by atoms with E-state index in [1.165, 1.54) is 12.5 Å². The van der Waals surface area contributed by atoms with E-state index in [1.54, 1.807) is 6.07 Å². The van der Waals surface area contributed by atoms with E-state index in [9.17, 15) is 8.78 Å². The summed E-state index contributed by atoms with van der Waals surface area (Å²) < 4.78 is 26.3. The van der Waals surface area contributed by atoms with E-state index in [0.29, 0.717) is 11.2 Å². The minimum Gasteiger partial charge on any atom is -0.207 e. The van der Waals surface area contributed by atoms with Crippen molar-refractivity contribution in [3.05, 3.63) is 29.8 Å². The largest absolute Gasteiger partial charge is 0.207 e. The molecule has 0 heterocycles. The smallest absolute Gasteiger partial charge is 0.133 e. The van der Waals surface area contributed by atoms with Gasteiger partial charge in [0.25, 0.3) is 0 Å². The van der Waals surface area contributed by atoms with Crippen molar-refractivity contribution in [1.29, 1.82) is 0 Å². The normalized spacial score (nSPS) is 14.8. The maximum absolute atomic E-state index is 13.5. The van der Waals surface area contributed by atoms with Crippen LogP contribution in [-0.2, 0) is 0 Å². The highest BCUT2D eigenvalue weighted by Gasteiger charge is 2.14. The van der Waals surface area contributed by atoms with Crippen molar-refractivity contribution in [3.63, 3.8) is 0 Å². The first kappa shape index (κ1) is 13.6. The molecule has 0 spiro atoms. The zero-order chi connectivity index (χ0) is 12.1. The summed E-state index contributed by atoms with van der Waals surface area (Å²) in [5, 5.41) is 0.694. The Bertz CT molecular complexity index is 339. The van der Waals surface area contributed by atoms with Gasteiger partial charge in [-0.2, -0.15) is 0 Å². The quantitative estimate of drug-likeness (QED) is 0.683. The summed E-state index contributed by atoms with van der Waals surface area (Å²) in [5.41, 5.74) is 0. The molecule has 3 heteroatoms. The van der Waals surface area contributed by atoms with Crippen LogP contribution < -0.4 is 5.30 Å². The Kier molecular flexibility index (Phi) is 5.34. The fraction of sp³-hybridized carbons (Fsp3) is 0.538. The molecule has 0 aliphatic heterocycles. The highest BCUT2D eigenvalue weighted by atomic mass is 31.1. The Morgan fingerprint density at radius 3 is 2.56 bits per heavy atom. The molecule has 0 fully saturated rings. The zero-order valence-corrected chi connectivity index (χ0v) is 11.0. The molecule has 0 aliphatic rings. The molecular formula is C13H19F2P. The van der Waals surface area contributed by atoms with Crippen molar-refractivity contribution in [2.24, 2.45) is 5.92 Å². The highest BCUT2D eigenvalue weighted by Crippen LogP contribution is 2.34. The molecule has 0 radical (unpaired) electrons. The van der Waals surface area contributed by atoms with Gasteiger partial charge in [0.05, 0.1) is 0 Å². The van der Waals surface area contributed by atoms with Gasteiger partial charge in [-0.3, -0.25) is 0 Å². The third-order valence-corrected chi connectivity index (χ3v) is 5.04. The van der Waals surface area contributed by atoms with Crippen LogP contribution in [-0.4, -0.2) is 12.8 Å². The second kappa shape index (κ2) is 6.30. The Labute approximate surface area is 97.8 Å².